The molecule has 0 atom stereocenters. The van der Waals surface area contributed by atoms with Crippen LogP contribution in [0.3, 0.4) is 0 Å². The van der Waals surface area contributed by atoms with Gasteiger partial charge in [0, 0.05) is 12.6 Å². The fourth-order valence-corrected chi connectivity index (χ4v) is 2.11. The molecule has 0 aliphatic carbocycles. The molecule has 2 aromatic rings. The van der Waals surface area contributed by atoms with E-state index in [0.717, 1.165) is 12.1 Å². The van der Waals surface area contributed by atoms with Gasteiger partial charge in [-0.3, -0.25) is 0 Å². The lowest BCUT2D eigenvalue weighted by Crippen LogP contribution is -2.17. The molecular formula is C12H15BrFN3. The quantitative estimate of drug-likeness (QED) is 0.875. The Morgan fingerprint density at radius 3 is 2.65 bits per heavy atom. The summed E-state index contributed by atoms with van der Waals surface area (Å²) in [4.78, 5) is 4.18. The van der Waals surface area contributed by atoms with E-state index in [-0.39, 0.29) is 11.2 Å². The van der Waals surface area contributed by atoms with Crippen LogP contribution in [0.25, 0.3) is 11.0 Å². The summed E-state index contributed by atoms with van der Waals surface area (Å²) in [6.07, 6.45) is 0. The van der Waals surface area contributed by atoms with E-state index in [0.29, 0.717) is 15.9 Å². The summed E-state index contributed by atoms with van der Waals surface area (Å²) in [5.41, 5.74) is 7.40. The average molecular weight is 300 g/mol. The zero-order valence-corrected chi connectivity index (χ0v) is 11.7. The van der Waals surface area contributed by atoms with Gasteiger partial charge >= 0.3 is 0 Å². The predicted molar refractivity (Wildman–Crippen MR) is 71.3 cm³/mol. The first-order valence-corrected chi connectivity index (χ1v) is 6.18. The molecule has 2 N–H and O–H groups in total. The van der Waals surface area contributed by atoms with Crippen LogP contribution in [0, 0.1) is 11.2 Å². The van der Waals surface area contributed by atoms with Gasteiger partial charge in [-0.1, -0.05) is 20.8 Å². The smallest absolute Gasteiger partial charge is 0.201 e. The molecule has 0 spiro atoms. The number of aromatic nitrogens is 2. The maximum Gasteiger partial charge on any atom is 0.201 e. The number of nitrogen functional groups attached to an aromatic ring is 1. The summed E-state index contributed by atoms with van der Waals surface area (Å²) in [5, 5.41) is 0. The lowest BCUT2D eigenvalue weighted by molar-refractivity contribution is 0.351. The van der Waals surface area contributed by atoms with Gasteiger partial charge in [-0.2, -0.15) is 0 Å². The number of rotatable bonds is 1. The van der Waals surface area contributed by atoms with Crippen molar-refractivity contribution < 1.29 is 4.39 Å². The first kappa shape index (κ1) is 12.4. The highest BCUT2D eigenvalue weighted by atomic mass is 79.9. The van der Waals surface area contributed by atoms with E-state index in [1.165, 1.54) is 6.07 Å². The van der Waals surface area contributed by atoms with Crippen molar-refractivity contribution in [3.8, 4) is 0 Å². The molecule has 92 valence electrons. The first-order valence-electron chi connectivity index (χ1n) is 5.39. The van der Waals surface area contributed by atoms with Crippen molar-refractivity contribution >= 4 is 32.9 Å². The maximum atomic E-state index is 13.4. The molecule has 1 aromatic heterocycles. The Hall–Kier alpha value is -1.10. The number of nitrogens with zero attached hydrogens (tertiary/aromatic N) is 2. The van der Waals surface area contributed by atoms with Crippen LogP contribution in [0.4, 0.5) is 10.3 Å². The Balaban J connectivity index is 2.63. The van der Waals surface area contributed by atoms with Crippen molar-refractivity contribution in [2.24, 2.45) is 5.41 Å². The van der Waals surface area contributed by atoms with Crippen molar-refractivity contribution in [3.05, 3.63) is 22.4 Å². The van der Waals surface area contributed by atoms with Crippen LogP contribution in [0.2, 0.25) is 0 Å². The van der Waals surface area contributed by atoms with Gasteiger partial charge in [-0.15, -0.1) is 0 Å². The van der Waals surface area contributed by atoms with E-state index < -0.39 is 0 Å². The van der Waals surface area contributed by atoms with E-state index in [1.54, 1.807) is 6.07 Å². The standard InChI is InChI=1S/C12H15BrFN3/c1-12(2,3)6-17-10-4-7(13)8(14)5-9(10)16-11(17)15/h4-5H,6H2,1-3H3,(H2,15,16). The van der Waals surface area contributed by atoms with E-state index in [9.17, 15) is 4.39 Å². The maximum absolute atomic E-state index is 13.4. The van der Waals surface area contributed by atoms with Crippen LogP contribution in [0.1, 0.15) is 20.8 Å². The number of hydrogen-bond donors (Lipinski definition) is 1. The molecule has 0 radical (unpaired) electrons. The Labute approximate surface area is 108 Å². The molecule has 1 aromatic carbocycles. The third kappa shape index (κ3) is 2.44. The lowest BCUT2D eigenvalue weighted by atomic mass is 9.97. The van der Waals surface area contributed by atoms with Crippen LogP contribution >= 0.6 is 15.9 Å². The highest BCUT2D eigenvalue weighted by molar-refractivity contribution is 9.10. The summed E-state index contributed by atoms with van der Waals surface area (Å²) < 4.78 is 15.7. The number of benzene rings is 1. The second-order valence-corrected chi connectivity index (χ2v) is 6.23. The van der Waals surface area contributed by atoms with Gasteiger partial charge in [0.15, 0.2) is 0 Å². The molecule has 0 saturated carbocycles. The molecule has 0 fully saturated rings. The van der Waals surface area contributed by atoms with Crippen LogP contribution in [0.15, 0.2) is 16.6 Å². The summed E-state index contributed by atoms with van der Waals surface area (Å²) in [5.74, 6) is 0.102. The first-order chi connectivity index (χ1) is 7.78. The zero-order valence-electron chi connectivity index (χ0n) is 10.1. The van der Waals surface area contributed by atoms with Crippen LogP contribution in [-0.2, 0) is 6.54 Å². The number of imidazole rings is 1. The summed E-state index contributed by atoms with van der Waals surface area (Å²) in [6, 6.07) is 3.12. The summed E-state index contributed by atoms with van der Waals surface area (Å²) in [7, 11) is 0. The number of hydrogen-bond acceptors (Lipinski definition) is 2. The molecule has 2 rings (SSSR count). The van der Waals surface area contributed by atoms with Gasteiger partial charge in [0.25, 0.3) is 0 Å². The topological polar surface area (TPSA) is 43.8 Å². The van der Waals surface area contributed by atoms with E-state index >= 15 is 0 Å². The molecule has 5 heteroatoms. The molecule has 0 saturated heterocycles. The summed E-state index contributed by atoms with van der Waals surface area (Å²) >= 11 is 3.18. The highest BCUT2D eigenvalue weighted by Crippen LogP contribution is 2.28. The van der Waals surface area contributed by atoms with Crippen molar-refractivity contribution in [3.63, 3.8) is 0 Å². The Bertz CT molecular complexity index is 569. The molecule has 0 aliphatic rings. The molecular weight excluding hydrogens is 285 g/mol. The van der Waals surface area contributed by atoms with Crippen LogP contribution < -0.4 is 5.73 Å². The molecule has 17 heavy (non-hydrogen) atoms. The molecule has 0 amide bonds. The average Bonchev–Trinajstić information content (AvgIpc) is 2.43. The van der Waals surface area contributed by atoms with Crippen molar-refractivity contribution in [2.45, 2.75) is 27.3 Å². The normalized spacial score (nSPS) is 12.3. The van der Waals surface area contributed by atoms with Gasteiger partial charge in [0.2, 0.25) is 5.95 Å². The third-order valence-electron chi connectivity index (χ3n) is 2.45. The minimum Gasteiger partial charge on any atom is -0.369 e. The second kappa shape index (κ2) is 3.98. The highest BCUT2D eigenvalue weighted by Gasteiger charge is 2.17. The van der Waals surface area contributed by atoms with Crippen molar-refractivity contribution in [1.29, 1.82) is 0 Å². The molecule has 0 unspecified atom stereocenters. The Morgan fingerprint density at radius 2 is 2.06 bits per heavy atom. The fourth-order valence-electron chi connectivity index (χ4n) is 1.78. The van der Waals surface area contributed by atoms with E-state index in [4.69, 9.17) is 5.73 Å². The number of fused-ring (bicyclic) bond motifs is 1. The van der Waals surface area contributed by atoms with E-state index in [2.05, 4.69) is 41.7 Å². The number of anilines is 1. The van der Waals surface area contributed by atoms with Gasteiger partial charge in [0.05, 0.1) is 15.5 Å². The molecule has 0 bridgehead atoms. The van der Waals surface area contributed by atoms with Crippen molar-refractivity contribution in [2.75, 3.05) is 5.73 Å². The van der Waals surface area contributed by atoms with Gasteiger partial charge < -0.3 is 10.3 Å². The lowest BCUT2D eigenvalue weighted by Gasteiger charge is -2.20. The minimum atomic E-state index is -0.321. The summed E-state index contributed by atoms with van der Waals surface area (Å²) in [6.45, 7) is 7.11. The monoisotopic (exact) mass is 299 g/mol. The predicted octanol–water partition coefficient (Wildman–Crippen LogP) is 3.57. The Morgan fingerprint density at radius 1 is 1.41 bits per heavy atom. The largest absolute Gasteiger partial charge is 0.369 e. The molecule has 3 nitrogen and oxygen atoms in total. The number of nitrogens with two attached hydrogens (primary N) is 1. The van der Waals surface area contributed by atoms with Gasteiger partial charge in [0.1, 0.15) is 5.82 Å². The SMILES string of the molecule is CC(C)(C)Cn1c(N)nc2cc(F)c(Br)cc21. The van der Waals surface area contributed by atoms with Crippen LogP contribution in [-0.4, -0.2) is 9.55 Å². The van der Waals surface area contributed by atoms with Gasteiger partial charge in [-0.05, 0) is 27.4 Å². The zero-order chi connectivity index (χ0) is 12.8. The number of halogens is 2. The minimum absolute atomic E-state index is 0.0859. The molecule has 0 aliphatic heterocycles. The van der Waals surface area contributed by atoms with Gasteiger partial charge in [-0.25, -0.2) is 9.37 Å². The molecule has 1 heterocycles. The third-order valence-corrected chi connectivity index (χ3v) is 3.06. The van der Waals surface area contributed by atoms with E-state index in [1.807, 2.05) is 4.57 Å². The fraction of sp³-hybridized carbons (Fsp3) is 0.417. The van der Waals surface area contributed by atoms with Crippen molar-refractivity contribution in [1.82, 2.24) is 9.55 Å². The second-order valence-electron chi connectivity index (χ2n) is 5.37. The van der Waals surface area contributed by atoms with Crippen LogP contribution in [0.5, 0.6) is 0 Å². The Kier molecular flexibility index (Phi) is 2.89.